The molecule has 0 saturated heterocycles. The minimum Gasteiger partial charge on any atom is -0.487 e. The molecule has 1 spiro atoms. The number of hydrogen-bond donors (Lipinski definition) is 1. The maximum Gasteiger partial charge on any atom is 0.200 e. The summed E-state index contributed by atoms with van der Waals surface area (Å²) in [5, 5.41) is 0. The topological polar surface area (TPSA) is 35.2 Å². The summed E-state index contributed by atoms with van der Waals surface area (Å²) in [6.45, 7) is 0. The fourth-order valence-corrected chi connectivity index (χ4v) is 3.57. The second-order valence-corrected chi connectivity index (χ2v) is 5.79. The second-order valence-electron chi connectivity index (χ2n) is 5.79. The van der Waals surface area contributed by atoms with Crippen molar-refractivity contribution in [2.24, 2.45) is 11.1 Å². The van der Waals surface area contributed by atoms with E-state index in [1.165, 1.54) is 18.6 Å². The first kappa shape index (κ1) is 12.9. The molecule has 2 N–H and O–H groups in total. The van der Waals surface area contributed by atoms with Gasteiger partial charge in [-0.05, 0) is 25.0 Å². The molecular formula is C15H19F2NO. The lowest BCUT2D eigenvalue weighted by Crippen LogP contribution is -2.64. The Morgan fingerprint density at radius 2 is 1.89 bits per heavy atom. The summed E-state index contributed by atoms with van der Waals surface area (Å²) in [7, 11) is 0. The summed E-state index contributed by atoms with van der Waals surface area (Å²) in [6, 6.07) is 4.19. The molecular weight excluding hydrogens is 248 g/mol. The van der Waals surface area contributed by atoms with Crippen molar-refractivity contribution in [1.29, 1.82) is 0 Å². The molecule has 2 fully saturated rings. The molecule has 2 unspecified atom stereocenters. The third-order valence-corrected chi connectivity index (χ3v) is 4.82. The van der Waals surface area contributed by atoms with E-state index in [0.717, 1.165) is 38.2 Å². The van der Waals surface area contributed by atoms with E-state index in [0.29, 0.717) is 0 Å². The summed E-state index contributed by atoms with van der Waals surface area (Å²) in [6.07, 6.45) is 6.27. The van der Waals surface area contributed by atoms with Crippen LogP contribution in [-0.4, -0.2) is 12.1 Å². The number of ether oxygens (including phenoxy) is 1. The van der Waals surface area contributed by atoms with Crippen molar-refractivity contribution in [1.82, 2.24) is 0 Å². The van der Waals surface area contributed by atoms with Gasteiger partial charge in [0.1, 0.15) is 6.10 Å². The van der Waals surface area contributed by atoms with Crippen LogP contribution in [0.4, 0.5) is 8.78 Å². The Kier molecular flexibility index (Phi) is 3.21. The molecule has 0 aromatic heterocycles. The van der Waals surface area contributed by atoms with Gasteiger partial charge in [0.05, 0.1) is 0 Å². The molecule has 1 aromatic rings. The van der Waals surface area contributed by atoms with Crippen LogP contribution >= 0.6 is 0 Å². The molecule has 3 rings (SSSR count). The minimum absolute atomic E-state index is 0.0156. The highest BCUT2D eigenvalue weighted by Gasteiger charge is 2.55. The quantitative estimate of drug-likeness (QED) is 0.891. The standard InChI is InChI=1S/C15H19F2NO/c16-10-5-4-6-11(14(10)17)19-13-9-12(18)15(13)7-2-1-3-8-15/h4-6,12-13H,1-3,7-9,18H2. The summed E-state index contributed by atoms with van der Waals surface area (Å²) in [5.74, 6) is -1.74. The predicted molar refractivity (Wildman–Crippen MR) is 68.9 cm³/mol. The van der Waals surface area contributed by atoms with E-state index in [-0.39, 0.29) is 23.3 Å². The molecule has 2 saturated carbocycles. The fourth-order valence-electron chi connectivity index (χ4n) is 3.57. The Morgan fingerprint density at radius 3 is 2.58 bits per heavy atom. The van der Waals surface area contributed by atoms with Crippen LogP contribution in [0.3, 0.4) is 0 Å². The number of nitrogens with two attached hydrogens (primary N) is 1. The van der Waals surface area contributed by atoms with Crippen LogP contribution in [0.5, 0.6) is 5.75 Å². The molecule has 2 aliphatic carbocycles. The zero-order valence-electron chi connectivity index (χ0n) is 10.9. The van der Waals surface area contributed by atoms with Crippen molar-refractivity contribution in [3.05, 3.63) is 29.8 Å². The summed E-state index contributed by atoms with van der Waals surface area (Å²) in [5.41, 5.74) is 6.14. The third-order valence-electron chi connectivity index (χ3n) is 4.82. The van der Waals surface area contributed by atoms with Gasteiger partial charge in [-0.25, -0.2) is 4.39 Å². The summed E-state index contributed by atoms with van der Waals surface area (Å²) in [4.78, 5) is 0. The first-order valence-electron chi connectivity index (χ1n) is 7.00. The fraction of sp³-hybridized carbons (Fsp3) is 0.600. The molecule has 1 aromatic carbocycles. The van der Waals surface area contributed by atoms with Crippen LogP contribution in [0, 0.1) is 17.0 Å². The molecule has 4 heteroatoms. The molecule has 0 heterocycles. The van der Waals surface area contributed by atoms with Gasteiger partial charge in [0.25, 0.3) is 0 Å². The van der Waals surface area contributed by atoms with Crippen LogP contribution in [-0.2, 0) is 0 Å². The lowest BCUT2D eigenvalue weighted by atomic mass is 9.55. The van der Waals surface area contributed by atoms with Gasteiger partial charge >= 0.3 is 0 Å². The third kappa shape index (κ3) is 2.02. The normalized spacial score (nSPS) is 29.0. The summed E-state index contributed by atoms with van der Waals surface area (Å²) < 4.78 is 32.6. The van der Waals surface area contributed by atoms with Crippen LogP contribution in [0.15, 0.2) is 18.2 Å². The average Bonchev–Trinajstić information content (AvgIpc) is 2.44. The maximum atomic E-state index is 13.6. The minimum atomic E-state index is -0.895. The van der Waals surface area contributed by atoms with Crippen molar-refractivity contribution >= 4 is 0 Å². The first-order chi connectivity index (χ1) is 9.13. The van der Waals surface area contributed by atoms with E-state index in [2.05, 4.69) is 0 Å². The highest BCUT2D eigenvalue weighted by Crippen LogP contribution is 2.52. The zero-order chi connectivity index (χ0) is 13.5. The van der Waals surface area contributed by atoms with Gasteiger partial charge in [0.15, 0.2) is 11.6 Å². The van der Waals surface area contributed by atoms with Crippen molar-refractivity contribution in [3.63, 3.8) is 0 Å². The Bertz CT molecular complexity index is 471. The van der Waals surface area contributed by atoms with Crippen molar-refractivity contribution in [2.45, 2.75) is 50.7 Å². The highest BCUT2D eigenvalue weighted by molar-refractivity contribution is 5.26. The van der Waals surface area contributed by atoms with Gasteiger partial charge in [-0.1, -0.05) is 25.3 Å². The van der Waals surface area contributed by atoms with Gasteiger partial charge in [0.2, 0.25) is 5.82 Å². The number of rotatable bonds is 2. The van der Waals surface area contributed by atoms with Crippen LogP contribution in [0.25, 0.3) is 0 Å². The molecule has 2 atom stereocenters. The van der Waals surface area contributed by atoms with Crippen molar-refractivity contribution in [2.75, 3.05) is 0 Å². The number of hydrogen-bond acceptors (Lipinski definition) is 2. The predicted octanol–water partition coefficient (Wildman–Crippen LogP) is 3.39. The van der Waals surface area contributed by atoms with E-state index in [4.69, 9.17) is 10.5 Å². The molecule has 0 aliphatic heterocycles. The Morgan fingerprint density at radius 1 is 1.16 bits per heavy atom. The Balaban J connectivity index is 1.78. The largest absolute Gasteiger partial charge is 0.487 e. The van der Waals surface area contributed by atoms with Gasteiger partial charge in [-0.15, -0.1) is 0 Å². The number of halogens is 2. The molecule has 2 aliphatic rings. The van der Waals surface area contributed by atoms with Crippen LogP contribution in [0.1, 0.15) is 38.5 Å². The smallest absolute Gasteiger partial charge is 0.200 e. The molecule has 0 radical (unpaired) electrons. The maximum absolute atomic E-state index is 13.6. The first-order valence-corrected chi connectivity index (χ1v) is 7.00. The van der Waals surface area contributed by atoms with Gasteiger partial charge in [-0.3, -0.25) is 0 Å². The van der Waals surface area contributed by atoms with E-state index in [9.17, 15) is 8.78 Å². The van der Waals surface area contributed by atoms with Gasteiger partial charge < -0.3 is 10.5 Å². The van der Waals surface area contributed by atoms with Crippen molar-refractivity contribution < 1.29 is 13.5 Å². The lowest BCUT2D eigenvalue weighted by molar-refractivity contribution is -0.0913. The average molecular weight is 267 g/mol. The SMILES string of the molecule is NC1CC(Oc2cccc(F)c2F)C12CCCCC2. The van der Waals surface area contributed by atoms with Crippen molar-refractivity contribution in [3.8, 4) is 5.75 Å². The van der Waals surface area contributed by atoms with Crippen LogP contribution in [0.2, 0.25) is 0 Å². The molecule has 104 valence electrons. The Hall–Kier alpha value is -1.16. The van der Waals surface area contributed by atoms with Gasteiger partial charge in [0, 0.05) is 17.9 Å². The molecule has 19 heavy (non-hydrogen) atoms. The molecule has 2 nitrogen and oxygen atoms in total. The van der Waals surface area contributed by atoms with Gasteiger partial charge in [-0.2, -0.15) is 4.39 Å². The zero-order valence-corrected chi connectivity index (χ0v) is 10.9. The molecule has 0 amide bonds. The summed E-state index contributed by atoms with van der Waals surface area (Å²) >= 11 is 0. The number of benzene rings is 1. The van der Waals surface area contributed by atoms with E-state index < -0.39 is 11.6 Å². The van der Waals surface area contributed by atoms with E-state index in [1.54, 1.807) is 0 Å². The molecule has 0 bridgehead atoms. The highest BCUT2D eigenvalue weighted by atomic mass is 19.2. The monoisotopic (exact) mass is 267 g/mol. The lowest BCUT2D eigenvalue weighted by Gasteiger charge is -2.56. The Labute approximate surface area is 111 Å². The second kappa shape index (κ2) is 4.75. The van der Waals surface area contributed by atoms with E-state index in [1.807, 2.05) is 0 Å². The van der Waals surface area contributed by atoms with E-state index >= 15 is 0 Å². The van der Waals surface area contributed by atoms with Crippen LogP contribution < -0.4 is 10.5 Å².